The molecule has 1 aromatic rings. The Morgan fingerprint density at radius 3 is 1.67 bits per heavy atom. The third-order valence-corrected chi connectivity index (χ3v) is 4.74. The van der Waals surface area contributed by atoms with Gasteiger partial charge in [0.05, 0.1) is 17.5 Å². The lowest BCUT2D eigenvalue weighted by Crippen LogP contribution is -2.39. The topological polar surface area (TPSA) is 78.4 Å². The fourth-order valence-corrected chi connectivity index (χ4v) is 2.99. The lowest BCUT2D eigenvalue weighted by Gasteiger charge is -2.23. The van der Waals surface area contributed by atoms with Crippen LogP contribution >= 0.6 is 0 Å². The molecule has 1 aromatic carbocycles. The summed E-state index contributed by atoms with van der Waals surface area (Å²) in [7, 11) is 0. The Labute approximate surface area is 210 Å². The fraction of sp³-hybridized carbons (Fsp3) is 0.680. The minimum atomic E-state index is -4.95. The van der Waals surface area contributed by atoms with E-state index in [1.54, 1.807) is 0 Å². The van der Waals surface area contributed by atoms with Crippen molar-refractivity contribution >= 4 is 11.9 Å². The number of carbonyl (C=O) groups is 2. The molecule has 0 saturated carbocycles. The van der Waals surface area contributed by atoms with Crippen molar-refractivity contribution in [1.29, 1.82) is 0 Å². The van der Waals surface area contributed by atoms with Crippen molar-refractivity contribution in [2.75, 3.05) is 0 Å². The van der Waals surface area contributed by atoms with Gasteiger partial charge < -0.3 is 15.7 Å². The van der Waals surface area contributed by atoms with E-state index >= 15 is 0 Å². The maximum atomic E-state index is 12.9. The molecule has 1 amide bonds. The number of carboxylic acids is 1. The van der Waals surface area contributed by atoms with E-state index in [-0.39, 0.29) is 36.6 Å². The number of hydrogen-bond donors (Lipinski definition) is 3. The highest BCUT2D eigenvalue weighted by Crippen LogP contribution is 2.36. The third kappa shape index (κ3) is 15.6. The minimum Gasteiger partial charge on any atom is -0.481 e. The van der Waals surface area contributed by atoms with E-state index in [1.165, 1.54) is 6.42 Å². The number of hydrogen-bond acceptors (Lipinski definition) is 3. The van der Waals surface area contributed by atoms with E-state index in [0.29, 0.717) is 31.4 Å². The monoisotopic (exact) mass is 530 g/mol. The average molecular weight is 531 g/mol. The van der Waals surface area contributed by atoms with Crippen molar-refractivity contribution in [1.82, 2.24) is 10.6 Å². The van der Waals surface area contributed by atoms with E-state index < -0.39 is 41.9 Å². The van der Waals surface area contributed by atoms with E-state index in [4.69, 9.17) is 5.11 Å². The molecule has 0 saturated heterocycles. The quantitative estimate of drug-likeness (QED) is 0.265. The summed E-state index contributed by atoms with van der Waals surface area (Å²) < 4.78 is 77.4. The zero-order valence-electron chi connectivity index (χ0n) is 21.9. The van der Waals surface area contributed by atoms with Crippen LogP contribution in [0.15, 0.2) is 18.2 Å². The molecule has 0 bridgehead atoms. The Morgan fingerprint density at radius 2 is 1.31 bits per heavy atom. The van der Waals surface area contributed by atoms with Gasteiger partial charge in [-0.15, -0.1) is 0 Å². The highest BCUT2D eigenvalue weighted by molar-refractivity contribution is 5.75. The molecule has 210 valence electrons. The van der Waals surface area contributed by atoms with Crippen molar-refractivity contribution < 1.29 is 41.0 Å². The summed E-state index contributed by atoms with van der Waals surface area (Å²) in [5.41, 5.74) is -3.19. The largest absolute Gasteiger partial charge is 0.481 e. The summed E-state index contributed by atoms with van der Waals surface area (Å²) in [6, 6.07) is 0.758. The number of halogens is 6. The van der Waals surface area contributed by atoms with Crippen LogP contribution in [0.25, 0.3) is 0 Å². The third-order valence-electron chi connectivity index (χ3n) is 4.74. The maximum absolute atomic E-state index is 12.9. The number of nitrogens with one attached hydrogen (secondary N) is 2. The van der Waals surface area contributed by atoms with Crippen molar-refractivity contribution in [2.45, 2.75) is 111 Å². The van der Waals surface area contributed by atoms with Crippen LogP contribution in [0.2, 0.25) is 0 Å². The van der Waals surface area contributed by atoms with Crippen LogP contribution in [0.5, 0.6) is 0 Å². The van der Waals surface area contributed by atoms with Gasteiger partial charge in [0, 0.05) is 25.0 Å². The molecule has 3 N–H and O–H groups in total. The second-order valence-corrected chi connectivity index (χ2v) is 7.91. The van der Waals surface area contributed by atoms with Crippen LogP contribution < -0.4 is 10.6 Å². The fourth-order valence-electron chi connectivity index (χ4n) is 2.99. The molecule has 1 rings (SSSR count). The maximum Gasteiger partial charge on any atom is 0.416 e. The van der Waals surface area contributed by atoms with Crippen LogP contribution in [0, 0.1) is 0 Å². The van der Waals surface area contributed by atoms with Crippen LogP contribution in [0.3, 0.4) is 0 Å². The molecule has 11 heteroatoms. The first-order valence-electron chi connectivity index (χ1n) is 12.2. The number of benzene rings is 1. The molecule has 0 spiro atoms. The average Bonchev–Trinajstić information content (AvgIpc) is 2.79. The first-order valence-corrected chi connectivity index (χ1v) is 12.2. The van der Waals surface area contributed by atoms with E-state index in [2.05, 4.69) is 24.5 Å². The van der Waals surface area contributed by atoms with E-state index in [0.717, 1.165) is 0 Å². The van der Waals surface area contributed by atoms with Crippen molar-refractivity contribution in [2.24, 2.45) is 0 Å². The van der Waals surface area contributed by atoms with Crippen molar-refractivity contribution in [3.63, 3.8) is 0 Å². The normalized spacial score (nSPS) is 12.9. The number of amides is 1. The number of carboxylic acid groups (broad SMARTS) is 1. The Kier molecular flexibility index (Phi) is 18.0. The summed E-state index contributed by atoms with van der Waals surface area (Å²) in [6.07, 6.45) is -7.21. The van der Waals surface area contributed by atoms with E-state index in [9.17, 15) is 35.9 Å². The van der Waals surface area contributed by atoms with Crippen LogP contribution in [-0.4, -0.2) is 29.1 Å². The molecular weight excluding hydrogens is 490 g/mol. The summed E-state index contributed by atoms with van der Waals surface area (Å²) in [6.45, 7) is 11.4. The highest BCUT2D eigenvalue weighted by Gasteiger charge is 2.36. The Morgan fingerprint density at radius 1 is 0.861 bits per heavy atom. The molecule has 0 radical (unpaired) electrons. The van der Waals surface area contributed by atoms with Crippen LogP contribution in [0.4, 0.5) is 26.3 Å². The molecule has 5 nitrogen and oxygen atoms in total. The van der Waals surface area contributed by atoms with Gasteiger partial charge in [-0.05, 0) is 43.0 Å². The Bertz CT molecular complexity index is 735. The highest BCUT2D eigenvalue weighted by atomic mass is 19.4. The second kappa shape index (κ2) is 18.0. The van der Waals surface area contributed by atoms with Gasteiger partial charge >= 0.3 is 18.3 Å². The summed E-state index contributed by atoms with van der Waals surface area (Å²) in [4.78, 5) is 22.9. The van der Waals surface area contributed by atoms with E-state index in [1.807, 2.05) is 27.7 Å². The van der Waals surface area contributed by atoms with Gasteiger partial charge in [0.1, 0.15) is 0 Å². The van der Waals surface area contributed by atoms with Crippen molar-refractivity contribution in [3.05, 3.63) is 34.9 Å². The molecule has 0 aliphatic rings. The summed E-state index contributed by atoms with van der Waals surface area (Å²) >= 11 is 0. The first-order chi connectivity index (χ1) is 16.7. The summed E-state index contributed by atoms with van der Waals surface area (Å²) in [5.74, 6) is -1.48. The first kappa shape index (κ1) is 35.9. The molecule has 0 aliphatic heterocycles. The van der Waals surface area contributed by atoms with Gasteiger partial charge in [-0.25, -0.2) is 0 Å². The second-order valence-electron chi connectivity index (χ2n) is 7.91. The molecule has 0 aromatic heterocycles. The van der Waals surface area contributed by atoms with Gasteiger partial charge in [0.2, 0.25) is 5.91 Å². The number of carbonyl (C=O) groups excluding carboxylic acids is 1. The molecule has 0 aliphatic carbocycles. The van der Waals surface area contributed by atoms with Gasteiger partial charge in [0.25, 0.3) is 0 Å². The van der Waals surface area contributed by atoms with Crippen LogP contribution in [0.1, 0.15) is 96.8 Å². The zero-order chi connectivity index (χ0) is 28.5. The van der Waals surface area contributed by atoms with Gasteiger partial charge in [-0.2, -0.15) is 26.3 Å². The van der Waals surface area contributed by atoms with Crippen molar-refractivity contribution in [3.8, 4) is 0 Å². The Hall–Kier alpha value is -2.30. The van der Waals surface area contributed by atoms with Gasteiger partial charge in [0.15, 0.2) is 0 Å². The lowest BCUT2D eigenvalue weighted by molar-refractivity contribution is -0.143. The zero-order valence-corrected chi connectivity index (χ0v) is 21.9. The molecule has 0 heterocycles. The van der Waals surface area contributed by atoms with Gasteiger partial charge in [-0.3, -0.25) is 9.59 Å². The molecule has 1 unspecified atom stereocenters. The predicted molar refractivity (Wildman–Crippen MR) is 128 cm³/mol. The lowest BCUT2D eigenvalue weighted by atomic mass is 10.0. The smallest absolute Gasteiger partial charge is 0.416 e. The molecular formula is C25H40F6N2O3. The van der Waals surface area contributed by atoms with Gasteiger partial charge in [-0.1, -0.05) is 48.0 Å². The summed E-state index contributed by atoms with van der Waals surface area (Å²) in [5, 5.41) is 14.4. The predicted octanol–water partition coefficient (Wildman–Crippen LogP) is 7.18. The Balaban J connectivity index is 0. The number of rotatable bonds is 11. The minimum absolute atomic E-state index is 0.0138. The van der Waals surface area contributed by atoms with Crippen LogP contribution in [-0.2, 0) is 28.5 Å². The molecule has 2 atom stereocenters. The standard InChI is InChI=1S/C20H26F6N2O3.C3H8.C2H6/c1-3-15(28-16(4-2)10-18(30)31)5-6-17(29)27-11-12-7-13(19(21,22)23)9-14(8-12)20(24,25)26;1-3-2;1-2/h7-9,15-16,28H,3-6,10-11H2,1-2H3,(H,27,29)(H,30,31);3H2,1-2H3;1-2H3/t15-,16?;;/m1../s1. The molecule has 36 heavy (non-hydrogen) atoms. The molecule has 0 fully saturated rings. The number of alkyl halides is 6. The SMILES string of the molecule is CC.CCC.CCC(CC(=O)O)N[C@H](CC)CCC(=O)NCc1cc(C(F)(F)F)cc(C(F)(F)F)c1. The number of aliphatic carboxylic acids is 1.